The molecular formula is C13H12ClN3O2S. The number of fused-ring (bicyclic) bond motifs is 1. The Bertz CT molecular complexity index is 687. The van der Waals surface area contributed by atoms with Crippen molar-refractivity contribution in [1.82, 2.24) is 9.88 Å². The highest BCUT2D eigenvalue weighted by atomic mass is 35.5. The number of carbonyl (C=O) groups excluding carboxylic acids is 1. The summed E-state index contributed by atoms with van der Waals surface area (Å²) in [5.41, 5.74) is 0.761. The van der Waals surface area contributed by atoms with Crippen molar-refractivity contribution < 1.29 is 9.90 Å². The molecule has 1 fully saturated rings. The zero-order valence-electron chi connectivity index (χ0n) is 10.5. The highest BCUT2D eigenvalue weighted by Crippen LogP contribution is 2.33. The van der Waals surface area contributed by atoms with Gasteiger partial charge in [-0.1, -0.05) is 29.0 Å². The van der Waals surface area contributed by atoms with Gasteiger partial charge in [0.1, 0.15) is 0 Å². The standard InChI is InChI=1S/C13H12ClN3O2S/c1-2-5-16-7-11(18)17(13(16)19)12-15-9-4-3-8(14)6-10(9)20-12/h2-4,6,11,18H,1,5,7H2. The molecule has 2 heterocycles. The predicted molar refractivity (Wildman–Crippen MR) is 80.3 cm³/mol. The number of β-amino-alcohol motifs (C(OH)–C–C–N with tert-alkyl or cyclic N) is 1. The molecule has 20 heavy (non-hydrogen) atoms. The van der Waals surface area contributed by atoms with Crippen LogP contribution in [0.25, 0.3) is 10.2 Å². The number of amides is 2. The lowest BCUT2D eigenvalue weighted by atomic mass is 10.3. The number of hydrogen-bond acceptors (Lipinski definition) is 4. The largest absolute Gasteiger partial charge is 0.371 e. The Morgan fingerprint density at radius 2 is 2.40 bits per heavy atom. The average Bonchev–Trinajstić information content (AvgIpc) is 2.91. The van der Waals surface area contributed by atoms with Gasteiger partial charge >= 0.3 is 6.03 Å². The first-order valence-electron chi connectivity index (χ1n) is 6.03. The van der Waals surface area contributed by atoms with Crippen molar-refractivity contribution in [3.05, 3.63) is 35.9 Å². The van der Waals surface area contributed by atoms with E-state index >= 15 is 0 Å². The molecule has 1 saturated heterocycles. The number of anilines is 1. The summed E-state index contributed by atoms with van der Waals surface area (Å²) in [6.45, 7) is 4.26. The lowest BCUT2D eigenvalue weighted by Crippen LogP contribution is -2.34. The van der Waals surface area contributed by atoms with E-state index in [2.05, 4.69) is 11.6 Å². The van der Waals surface area contributed by atoms with Crippen LogP contribution in [0.2, 0.25) is 5.02 Å². The van der Waals surface area contributed by atoms with Crippen molar-refractivity contribution in [3.63, 3.8) is 0 Å². The lowest BCUT2D eigenvalue weighted by molar-refractivity contribution is 0.180. The van der Waals surface area contributed by atoms with Gasteiger partial charge in [0, 0.05) is 11.6 Å². The van der Waals surface area contributed by atoms with Crippen molar-refractivity contribution in [3.8, 4) is 0 Å². The van der Waals surface area contributed by atoms with E-state index in [1.807, 2.05) is 0 Å². The molecular weight excluding hydrogens is 298 g/mol. The molecule has 0 spiro atoms. The van der Waals surface area contributed by atoms with Crippen LogP contribution < -0.4 is 4.90 Å². The Labute approximate surface area is 124 Å². The fourth-order valence-corrected chi connectivity index (χ4v) is 3.42. The highest BCUT2D eigenvalue weighted by Gasteiger charge is 2.38. The van der Waals surface area contributed by atoms with Crippen LogP contribution in [0.15, 0.2) is 30.9 Å². The minimum Gasteiger partial charge on any atom is -0.371 e. The maximum atomic E-state index is 12.2. The van der Waals surface area contributed by atoms with Crippen molar-refractivity contribution in [1.29, 1.82) is 0 Å². The number of carbonyl (C=O) groups is 1. The van der Waals surface area contributed by atoms with Gasteiger partial charge in [-0.25, -0.2) is 14.7 Å². The Kier molecular flexibility index (Phi) is 3.37. The van der Waals surface area contributed by atoms with Gasteiger partial charge in [-0.05, 0) is 18.2 Å². The number of aliphatic hydroxyl groups excluding tert-OH is 1. The summed E-state index contributed by atoms with van der Waals surface area (Å²) in [5.74, 6) is 0. The van der Waals surface area contributed by atoms with E-state index in [9.17, 15) is 9.90 Å². The topological polar surface area (TPSA) is 56.7 Å². The van der Waals surface area contributed by atoms with Gasteiger partial charge < -0.3 is 10.0 Å². The van der Waals surface area contributed by atoms with Crippen molar-refractivity contribution in [2.24, 2.45) is 0 Å². The molecule has 2 aromatic rings. The van der Waals surface area contributed by atoms with Crippen LogP contribution in [0.5, 0.6) is 0 Å². The van der Waals surface area contributed by atoms with Gasteiger partial charge in [0.2, 0.25) is 0 Å². The summed E-state index contributed by atoms with van der Waals surface area (Å²) in [4.78, 5) is 19.5. The fraction of sp³-hybridized carbons (Fsp3) is 0.231. The van der Waals surface area contributed by atoms with Crippen molar-refractivity contribution in [2.45, 2.75) is 6.23 Å². The van der Waals surface area contributed by atoms with E-state index in [0.29, 0.717) is 16.7 Å². The number of hydrogen-bond donors (Lipinski definition) is 1. The molecule has 3 rings (SSSR count). The Morgan fingerprint density at radius 3 is 3.15 bits per heavy atom. The molecule has 5 nitrogen and oxygen atoms in total. The minimum atomic E-state index is -0.890. The fourth-order valence-electron chi connectivity index (χ4n) is 2.14. The predicted octanol–water partition coefficient (Wildman–Crippen LogP) is 2.70. The van der Waals surface area contributed by atoms with E-state index in [1.54, 1.807) is 24.3 Å². The normalized spacial score (nSPS) is 19.1. The minimum absolute atomic E-state index is 0.252. The maximum Gasteiger partial charge on any atom is 0.328 e. The number of thiazole rings is 1. The Balaban J connectivity index is 1.97. The second-order valence-corrected chi connectivity index (χ2v) is 5.88. The smallest absolute Gasteiger partial charge is 0.328 e. The number of urea groups is 1. The van der Waals surface area contributed by atoms with E-state index in [-0.39, 0.29) is 12.6 Å². The SMILES string of the molecule is C=CCN1CC(O)N(c2nc3ccc(Cl)cc3s2)C1=O. The van der Waals surface area contributed by atoms with E-state index in [1.165, 1.54) is 21.1 Å². The monoisotopic (exact) mass is 309 g/mol. The summed E-state index contributed by atoms with van der Waals surface area (Å²) in [6.07, 6.45) is 0.741. The molecule has 0 radical (unpaired) electrons. The molecule has 1 N–H and O–H groups in total. The number of aliphatic hydroxyl groups is 1. The summed E-state index contributed by atoms with van der Waals surface area (Å²) >= 11 is 7.27. The molecule has 0 saturated carbocycles. The quantitative estimate of drug-likeness (QED) is 0.887. The molecule has 0 aliphatic carbocycles. The second-order valence-electron chi connectivity index (χ2n) is 4.44. The van der Waals surface area contributed by atoms with Crippen LogP contribution >= 0.6 is 22.9 Å². The van der Waals surface area contributed by atoms with Gasteiger partial charge in [0.05, 0.1) is 16.8 Å². The number of aromatic nitrogens is 1. The zero-order valence-corrected chi connectivity index (χ0v) is 12.1. The second kappa shape index (κ2) is 5.05. The first-order valence-corrected chi connectivity index (χ1v) is 7.23. The lowest BCUT2D eigenvalue weighted by Gasteiger charge is -2.15. The first-order chi connectivity index (χ1) is 9.60. The van der Waals surface area contributed by atoms with Crippen LogP contribution in [-0.4, -0.2) is 40.3 Å². The van der Waals surface area contributed by atoms with Gasteiger partial charge in [-0.3, -0.25) is 0 Å². The third-order valence-corrected chi connectivity index (χ3v) is 4.31. The highest BCUT2D eigenvalue weighted by molar-refractivity contribution is 7.22. The van der Waals surface area contributed by atoms with Crippen LogP contribution in [0, 0.1) is 0 Å². The molecule has 1 aromatic heterocycles. The Hall–Kier alpha value is -1.63. The molecule has 7 heteroatoms. The number of halogens is 1. The maximum absolute atomic E-state index is 12.2. The van der Waals surface area contributed by atoms with E-state index < -0.39 is 6.23 Å². The number of nitrogens with zero attached hydrogens (tertiary/aromatic N) is 3. The number of benzene rings is 1. The molecule has 2 amide bonds. The summed E-state index contributed by atoms with van der Waals surface area (Å²) in [5, 5.41) is 11.2. The van der Waals surface area contributed by atoms with Crippen LogP contribution in [-0.2, 0) is 0 Å². The summed E-state index contributed by atoms with van der Waals surface area (Å²) in [7, 11) is 0. The molecule has 1 atom stereocenters. The van der Waals surface area contributed by atoms with Gasteiger partial charge in [-0.2, -0.15) is 0 Å². The van der Waals surface area contributed by atoms with Crippen molar-refractivity contribution >= 4 is 44.3 Å². The van der Waals surface area contributed by atoms with Crippen molar-refractivity contribution in [2.75, 3.05) is 18.0 Å². The third-order valence-electron chi connectivity index (χ3n) is 3.05. The molecule has 104 valence electrons. The third kappa shape index (κ3) is 2.15. The van der Waals surface area contributed by atoms with E-state index in [0.717, 1.165) is 10.2 Å². The first kappa shape index (κ1) is 13.4. The van der Waals surface area contributed by atoms with Crippen LogP contribution in [0.3, 0.4) is 0 Å². The molecule has 1 unspecified atom stereocenters. The molecule has 1 aromatic carbocycles. The zero-order chi connectivity index (χ0) is 14.3. The van der Waals surface area contributed by atoms with Gasteiger partial charge in [0.25, 0.3) is 0 Å². The Morgan fingerprint density at radius 1 is 1.60 bits per heavy atom. The van der Waals surface area contributed by atoms with Crippen LogP contribution in [0.1, 0.15) is 0 Å². The molecule has 1 aliphatic rings. The average molecular weight is 310 g/mol. The van der Waals surface area contributed by atoms with E-state index in [4.69, 9.17) is 11.6 Å². The summed E-state index contributed by atoms with van der Waals surface area (Å²) < 4.78 is 0.884. The number of rotatable bonds is 3. The van der Waals surface area contributed by atoms with Gasteiger partial charge in [-0.15, -0.1) is 6.58 Å². The summed E-state index contributed by atoms with van der Waals surface area (Å²) in [6, 6.07) is 5.08. The van der Waals surface area contributed by atoms with Crippen LogP contribution in [0.4, 0.5) is 9.93 Å². The molecule has 1 aliphatic heterocycles. The van der Waals surface area contributed by atoms with Gasteiger partial charge in [0.15, 0.2) is 11.4 Å². The molecule has 0 bridgehead atoms.